The number of nitrogens with two attached hydrogens (primary N) is 1. The molecular weight excluding hydrogens is 359 g/mol. The van der Waals surface area contributed by atoms with E-state index in [9.17, 15) is 13.2 Å². The molecule has 0 fully saturated rings. The third-order valence-corrected chi connectivity index (χ3v) is 4.15. The normalized spacial score (nSPS) is 11.7. The molecular formula is C16H11ClF3N3S. The summed E-state index contributed by atoms with van der Waals surface area (Å²) in [4.78, 5) is 0.801. The lowest BCUT2D eigenvalue weighted by Crippen LogP contribution is -2.07. The fourth-order valence-corrected chi connectivity index (χ4v) is 2.63. The van der Waals surface area contributed by atoms with Gasteiger partial charge in [0.15, 0.2) is 5.69 Å². The van der Waals surface area contributed by atoms with Crippen LogP contribution in [0.2, 0.25) is 5.02 Å². The summed E-state index contributed by atoms with van der Waals surface area (Å²) in [6.45, 7) is 0. The molecule has 1 aromatic heterocycles. The van der Waals surface area contributed by atoms with E-state index in [2.05, 4.69) is 5.10 Å². The lowest BCUT2D eigenvalue weighted by Gasteiger charge is -2.08. The largest absolute Gasteiger partial charge is 0.435 e. The van der Waals surface area contributed by atoms with Crippen LogP contribution >= 0.6 is 23.5 Å². The Hall–Kier alpha value is -1.96. The summed E-state index contributed by atoms with van der Waals surface area (Å²) < 4.78 is 40.5. The average Bonchev–Trinajstić information content (AvgIpc) is 3.01. The van der Waals surface area contributed by atoms with Gasteiger partial charge in [-0.05, 0) is 54.4 Å². The Bertz CT molecular complexity index is 842. The third-order valence-electron chi connectivity index (χ3n) is 3.36. The van der Waals surface area contributed by atoms with E-state index >= 15 is 0 Å². The molecule has 24 heavy (non-hydrogen) atoms. The van der Waals surface area contributed by atoms with E-state index in [4.69, 9.17) is 16.7 Å². The fourth-order valence-electron chi connectivity index (χ4n) is 2.21. The van der Waals surface area contributed by atoms with E-state index in [1.165, 1.54) is 4.68 Å². The molecule has 2 aromatic carbocycles. The van der Waals surface area contributed by atoms with Crippen LogP contribution in [0.3, 0.4) is 0 Å². The molecule has 2 N–H and O–H groups in total. The smallest absolute Gasteiger partial charge is 0.274 e. The number of nitrogens with zero attached hydrogens (tertiary/aromatic N) is 2. The zero-order valence-corrected chi connectivity index (χ0v) is 13.7. The first-order valence-electron chi connectivity index (χ1n) is 6.79. The molecule has 0 atom stereocenters. The third kappa shape index (κ3) is 3.43. The van der Waals surface area contributed by atoms with E-state index in [1.54, 1.807) is 48.5 Å². The summed E-state index contributed by atoms with van der Waals surface area (Å²) in [6.07, 6.45) is -4.53. The van der Waals surface area contributed by atoms with Crippen LogP contribution < -0.4 is 5.14 Å². The van der Waals surface area contributed by atoms with Crippen LogP contribution in [0.15, 0.2) is 59.5 Å². The van der Waals surface area contributed by atoms with Crippen molar-refractivity contribution < 1.29 is 13.2 Å². The van der Waals surface area contributed by atoms with Gasteiger partial charge in [0.25, 0.3) is 0 Å². The van der Waals surface area contributed by atoms with Crippen LogP contribution in [0.4, 0.5) is 13.2 Å². The van der Waals surface area contributed by atoms with Crippen molar-refractivity contribution >= 4 is 23.5 Å². The highest BCUT2D eigenvalue weighted by Crippen LogP contribution is 2.33. The van der Waals surface area contributed by atoms with Crippen molar-refractivity contribution in [2.75, 3.05) is 0 Å². The molecule has 124 valence electrons. The number of rotatable bonds is 3. The minimum absolute atomic E-state index is 0.326. The molecule has 3 aromatic rings. The van der Waals surface area contributed by atoms with Crippen LogP contribution in [0.25, 0.3) is 16.9 Å². The molecule has 3 nitrogen and oxygen atoms in total. The maximum Gasteiger partial charge on any atom is 0.435 e. The number of halogens is 4. The summed E-state index contributed by atoms with van der Waals surface area (Å²) in [5.74, 6) is 0. The Morgan fingerprint density at radius 3 is 2.17 bits per heavy atom. The van der Waals surface area contributed by atoms with Crippen molar-refractivity contribution in [3.63, 3.8) is 0 Å². The van der Waals surface area contributed by atoms with Crippen LogP contribution in [-0.2, 0) is 6.18 Å². The Morgan fingerprint density at radius 2 is 1.62 bits per heavy atom. The fraction of sp³-hybridized carbons (Fsp3) is 0.0625. The second-order valence-electron chi connectivity index (χ2n) is 4.94. The summed E-state index contributed by atoms with van der Waals surface area (Å²) in [6, 6.07) is 14.4. The van der Waals surface area contributed by atoms with E-state index in [0.29, 0.717) is 22.0 Å². The van der Waals surface area contributed by atoms with Crippen LogP contribution in [-0.4, -0.2) is 9.78 Å². The maximum absolute atomic E-state index is 13.1. The maximum atomic E-state index is 13.1. The molecule has 0 aliphatic heterocycles. The van der Waals surface area contributed by atoms with Gasteiger partial charge in [-0.15, -0.1) is 0 Å². The van der Waals surface area contributed by atoms with Crippen molar-refractivity contribution in [2.24, 2.45) is 5.14 Å². The summed E-state index contributed by atoms with van der Waals surface area (Å²) in [5, 5.41) is 9.70. The molecule has 0 amide bonds. The Kier molecular flexibility index (Phi) is 4.58. The Balaban J connectivity index is 2.15. The zero-order valence-electron chi connectivity index (χ0n) is 12.1. The summed E-state index contributed by atoms with van der Waals surface area (Å²) in [7, 11) is 0. The van der Waals surface area contributed by atoms with Gasteiger partial charge in [0.2, 0.25) is 0 Å². The molecule has 0 radical (unpaired) electrons. The number of aromatic nitrogens is 2. The standard InChI is InChI=1S/C16H11ClF3N3S/c17-11-3-1-10(2-4-11)14-9-15(16(18,19)20)22-23(14)12-5-7-13(24-21)8-6-12/h1-9H,21H2. The van der Waals surface area contributed by atoms with Crippen molar-refractivity contribution in [2.45, 2.75) is 11.1 Å². The SMILES string of the molecule is NSc1ccc(-n2nc(C(F)(F)F)cc2-c2ccc(Cl)cc2)cc1. The first-order chi connectivity index (χ1) is 11.4. The highest BCUT2D eigenvalue weighted by Gasteiger charge is 2.35. The number of hydrogen-bond donors (Lipinski definition) is 1. The average molecular weight is 370 g/mol. The summed E-state index contributed by atoms with van der Waals surface area (Å²) in [5.41, 5.74) is 0.463. The Labute approximate surface area is 145 Å². The lowest BCUT2D eigenvalue weighted by atomic mass is 10.1. The minimum Gasteiger partial charge on any atom is -0.274 e. The van der Waals surface area contributed by atoms with Crippen LogP contribution in [0, 0.1) is 0 Å². The van der Waals surface area contributed by atoms with Gasteiger partial charge in [-0.1, -0.05) is 23.7 Å². The molecule has 0 saturated carbocycles. The first-order valence-corrected chi connectivity index (χ1v) is 8.04. The second kappa shape index (κ2) is 6.51. The topological polar surface area (TPSA) is 43.8 Å². The van der Waals surface area contributed by atoms with Crippen molar-refractivity contribution in [1.82, 2.24) is 9.78 Å². The highest BCUT2D eigenvalue weighted by atomic mass is 35.5. The quantitative estimate of drug-likeness (QED) is 0.647. The zero-order chi connectivity index (χ0) is 17.3. The predicted octanol–water partition coefficient (Wildman–Crippen LogP) is 5.18. The van der Waals surface area contributed by atoms with Gasteiger partial charge in [0, 0.05) is 15.5 Å². The second-order valence-corrected chi connectivity index (χ2v) is 6.09. The van der Waals surface area contributed by atoms with Crippen molar-refractivity contribution in [3.05, 3.63) is 65.3 Å². The first kappa shape index (κ1) is 16.9. The van der Waals surface area contributed by atoms with E-state index in [-0.39, 0.29) is 0 Å². The molecule has 0 spiro atoms. The van der Waals surface area contributed by atoms with Crippen molar-refractivity contribution in [1.29, 1.82) is 0 Å². The van der Waals surface area contributed by atoms with Gasteiger partial charge in [0.1, 0.15) is 0 Å². The van der Waals surface area contributed by atoms with E-state index < -0.39 is 11.9 Å². The number of benzene rings is 2. The summed E-state index contributed by atoms with van der Waals surface area (Å²) >= 11 is 6.91. The van der Waals surface area contributed by atoms with E-state index in [1.807, 2.05) is 0 Å². The number of hydrogen-bond acceptors (Lipinski definition) is 3. The van der Waals surface area contributed by atoms with Gasteiger partial charge in [-0.25, -0.2) is 4.68 Å². The minimum atomic E-state index is -4.53. The van der Waals surface area contributed by atoms with Gasteiger partial charge in [-0.3, -0.25) is 5.14 Å². The van der Waals surface area contributed by atoms with Gasteiger partial charge in [0.05, 0.1) is 11.4 Å². The molecule has 0 aliphatic carbocycles. The number of alkyl halides is 3. The molecule has 0 unspecified atom stereocenters. The molecule has 0 bridgehead atoms. The Morgan fingerprint density at radius 1 is 1.00 bits per heavy atom. The van der Waals surface area contributed by atoms with Gasteiger partial charge in [-0.2, -0.15) is 18.3 Å². The molecule has 0 saturated heterocycles. The highest BCUT2D eigenvalue weighted by molar-refractivity contribution is 7.97. The molecule has 1 heterocycles. The molecule has 8 heteroatoms. The predicted molar refractivity (Wildman–Crippen MR) is 89.1 cm³/mol. The van der Waals surface area contributed by atoms with Crippen LogP contribution in [0.5, 0.6) is 0 Å². The van der Waals surface area contributed by atoms with Crippen LogP contribution in [0.1, 0.15) is 5.69 Å². The van der Waals surface area contributed by atoms with Crippen molar-refractivity contribution in [3.8, 4) is 16.9 Å². The van der Waals surface area contributed by atoms with Gasteiger partial charge < -0.3 is 0 Å². The lowest BCUT2D eigenvalue weighted by molar-refractivity contribution is -0.141. The van der Waals surface area contributed by atoms with E-state index in [0.717, 1.165) is 22.9 Å². The molecule has 0 aliphatic rings. The molecule has 3 rings (SSSR count). The monoisotopic (exact) mass is 369 g/mol. The van der Waals surface area contributed by atoms with Gasteiger partial charge >= 0.3 is 6.18 Å².